The Morgan fingerprint density at radius 2 is 1.50 bits per heavy atom. The van der Waals surface area contributed by atoms with Crippen molar-refractivity contribution in [1.82, 2.24) is 0 Å². The second-order valence-electron chi connectivity index (χ2n) is 10.8. The van der Waals surface area contributed by atoms with Crippen LogP contribution in [0.5, 0.6) is 5.75 Å². The van der Waals surface area contributed by atoms with Crippen LogP contribution in [0.25, 0.3) is 0 Å². The van der Waals surface area contributed by atoms with Gasteiger partial charge in [0.1, 0.15) is 12.3 Å². The van der Waals surface area contributed by atoms with E-state index in [-0.39, 0.29) is 11.9 Å². The standard InChI is InChI=1S/C32H50NO3/c1-5-6-7-8-9-13-20-30-21-14-15-22-31(30)35-25-16-17-26-36-32(34)28(2)23-24-33(3,4)27-29-18-11-10-12-19-29/h10-12,14-15,18-19,21-22,28H,5-9,13,16-17,20,23-27H2,1-4H3/q+1. The van der Waals surface area contributed by atoms with E-state index < -0.39 is 0 Å². The van der Waals surface area contributed by atoms with Gasteiger partial charge in [-0.3, -0.25) is 4.79 Å². The van der Waals surface area contributed by atoms with Crippen molar-refractivity contribution in [3.8, 4) is 5.75 Å². The van der Waals surface area contributed by atoms with E-state index in [0.29, 0.717) is 13.2 Å². The molecule has 4 heteroatoms. The molecule has 1 atom stereocenters. The second-order valence-corrected chi connectivity index (χ2v) is 10.8. The highest BCUT2D eigenvalue weighted by molar-refractivity contribution is 5.71. The molecule has 0 aliphatic carbocycles. The fraction of sp³-hybridized carbons (Fsp3) is 0.594. The van der Waals surface area contributed by atoms with Gasteiger partial charge in [-0.05, 0) is 37.3 Å². The Morgan fingerprint density at radius 3 is 2.28 bits per heavy atom. The van der Waals surface area contributed by atoms with E-state index in [4.69, 9.17) is 9.47 Å². The number of hydrogen-bond acceptors (Lipinski definition) is 3. The van der Waals surface area contributed by atoms with Gasteiger partial charge in [-0.2, -0.15) is 0 Å². The number of quaternary nitrogens is 1. The lowest BCUT2D eigenvalue weighted by Gasteiger charge is -2.30. The molecule has 1 unspecified atom stereocenters. The molecule has 0 aliphatic rings. The smallest absolute Gasteiger partial charge is 0.308 e. The summed E-state index contributed by atoms with van der Waals surface area (Å²) in [6.07, 6.45) is 11.5. The minimum atomic E-state index is -0.0834. The lowest BCUT2D eigenvalue weighted by molar-refractivity contribution is -0.904. The molecule has 0 heterocycles. The van der Waals surface area contributed by atoms with E-state index >= 15 is 0 Å². The monoisotopic (exact) mass is 496 g/mol. The number of ether oxygens (including phenoxy) is 2. The summed E-state index contributed by atoms with van der Waals surface area (Å²) in [5.74, 6) is 0.844. The predicted molar refractivity (Wildman–Crippen MR) is 150 cm³/mol. The Hall–Kier alpha value is -2.33. The van der Waals surface area contributed by atoms with Crippen molar-refractivity contribution in [1.29, 1.82) is 0 Å². The second kappa shape index (κ2) is 17.2. The lowest BCUT2D eigenvalue weighted by atomic mass is 10.0. The third-order valence-corrected chi connectivity index (χ3v) is 6.84. The molecule has 4 nitrogen and oxygen atoms in total. The number of esters is 1. The topological polar surface area (TPSA) is 35.5 Å². The minimum absolute atomic E-state index is 0.0803. The maximum absolute atomic E-state index is 12.4. The first-order chi connectivity index (χ1) is 17.4. The highest BCUT2D eigenvalue weighted by Gasteiger charge is 2.21. The van der Waals surface area contributed by atoms with E-state index in [1.54, 1.807) is 0 Å². The number of carbonyl (C=O) groups is 1. The van der Waals surface area contributed by atoms with Crippen molar-refractivity contribution in [3.63, 3.8) is 0 Å². The summed E-state index contributed by atoms with van der Waals surface area (Å²) in [5.41, 5.74) is 2.63. The number of unbranched alkanes of at least 4 members (excludes halogenated alkanes) is 6. The molecule has 0 radical (unpaired) electrons. The van der Waals surface area contributed by atoms with E-state index in [0.717, 1.165) is 49.0 Å². The SMILES string of the molecule is CCCCCCCCc1ccccc1OCCCCOC(=O)C(C)CC[N+](C)(C)Cc1ccccc1. The summed E-state index contributed by atoms with van der Waals surface area (Å²) in [6, 6.07) is 18.9. The van der Waals surface area contributed by atoms with E-state index in [1.165, 1.54) is 49.7 Å². The third-order valence-electron chi connectivity index (χ3n) is 6.84. The van der Waals surface area contributed by atoms with Crippen LogP contribution in [0.15, 0.2) is 54.6 Å². The first-order valence-electron chi connectivity index (χ1n) is 14.1. The number of para-hydroxylation sites is 1. The lowest BCUT2D eigenvalue weighted by Crippen LogP contribution is -2.40. The van der Waals surface area contributed by atoms with Crippen LogP contribution in [0.1, 0.15) is 82.8 Å². The zero-order valence-corrected chi connectivity index (χ0v) is 23.3. The first-order valence-corrected chi connectivity index (χ1v) is 14.1. The summed E-state index contributed by atoms with van der Waals surface area (Å²) in [7, 11) is 4.44. The Morgan fingerprint density at radius 1 is 0.833 bits per heavy atom. The number of aryl methyl sites for hydroxylation is 1. The minimum Gasteiger partial charge on any atom is -0.493 e. The molecule has 0 N–H and O–H groups in total. The molecule has 2 aromatic carbocycles. The van der Waals surface area contributed by atoms with Crippen LogP contribution in [0.2, 0.25) is 0 Å². The number of benzene rings is 2. The van der Waals surface area contributed by atoms with Crippen molar-refractivity contribution in [3.05, 3.63) is 65.7 Å². The highest BCUT2D eigenvalue weighted by atomic mass is 16.5. The largest absolute Gasteiger partial charge is 0.493 e. The number of hydrogen-bond donors (Lipinski definition) is 0. The highest BCUT2D eigenvalue weighted by Crippen LogP contribution is 2.21. The molecule has 0 spiro atoms. The van der Waals surface area contributed by atoms with E-state index in [2.05, 4.69) is 63.5 Å². The van der Waals surface area contributed by atoms with Crippen molar-refractivity contribution in [2.75, 3.05) is 33.9 Å². The summed E-state index contributed by atoms with van der Waals surface area (Å²) in [5, 5.41) is 0. The van der Waals surface area contributed by atoms with Crippen LogP contribution in [-0.2, 0) is 22.5 Å². The third kappa shape index (κ3) is 12.6. The Bertz CT molecular complexity index is 849. The van der Waals surface area contributed by atoms with E-state index in [1.807, 2.05) is 19.1 Å². The average Bonchev–Trinajstić information content (AvgIpc) is 2.87. The fourth-order valence-corrected chi connectivity index (χ4v) is 4.47. The number of carbonyl (C=O) groups excluding carboxylic acids is 1. The molecular weight excluding hydrogens is 446 g/mol. The normalized spacial score (nSPS) is 12.3. The molecule has 0 bridgehead atoms. The van der Waals surface area contributed by atoms with Gasteiger partial charge in [0.25, 0.3) is 0 Å². The molecule has 2 rings (SSSR count). The zero-order chi connectivity index (χ0) is 26.1. The van der Waals surface area contributed by atoms with Crippen molar-refractivity contribution >= 4 is 5.97 Å². The van der Waals surface area contributed by atoms with Crippen molar-refractivity contribution in [2.45, 2.75) is 84.6 Å². The van der Waals surface area contributed by atoms with Crippen molar-refractivity contribution in [2.24, 2.45) is 5.92 Å². The van der Waals surface area contributed by atoms with Gasteiger partial charge in [-0.25, -0.2) is 0 Å². The Balaban J connectivity index is 1.58. The Labute approximate surface area is 220 Å². The number of nitrogens with zero attached hydrogens (tertiary/aromatic N) is 1. The molecular formula is C32H50NO3+. The van der Waals surface area contributed by atoms with Crippen LogP contribution < -0.4 is 4.74 Å². The van der Waals surface area contributed by atoms with Crippen LogP contribution in [0.3, 0.4) is 0 Å². The van der Waals surface area contributed by atoms with Gasteiger partial charge < -0.3 is 14.0 Å². The van der Waals surface area contributed by atoms with Crippen LogP contribution in [-0.4, -0.2) is 44.3 Å². The van der Waals surface area contributed by atoms with E-state index in [9.17, 15) is 4.79 Å². The van der Waals surface area contributed by atoms with Gasteiger partial charge >= 0.3 is 5.97 Å². The maximum Gasteiger partial charge on any atom is 0.308 e. The van der Waals surface area contributed by atoms with Gasteiger partial charge in [0.2, 0.25) is 0 Å². The molecule has 0 aromatic heterocycles. The molecule has 0 amide bonds. The average molecular weight is 497 g/mol. The first kappa shape index (κ1) is 29.9. The number of rotatable bonds is 19. The summed E-state index contributed by atoms with van der Waals surface area (Å²) in [6.45, 7) is 7.27. The molecule has 2 aromatic rings. The zero-order valence-electron chi connectivity index (χ0n) is 23.3. The van der Waals surface area contributed by atoms with Crippen LogP contribution in [0.4, 0.5) is 0 Å². The van der Waals surface area contributed by atoms with Gasteiger partial charge in [0, 0.05) is 12.0 Å². The quantitative estimate of drug-likeness (QED) is 0.114. The van der Waals surface area contributed by atoms with Gasteiger partial charge in [-0.15, -0.1) is 0 Å². The summed E-state index contributed by atoms with van der Waals surface area (Å²) >= 11 is 0. The molecule has 0 saturated carbocycles. The molecule has 36 heavy (non-hydrogen) atoms. The Kier molecular flexibility index (Phi) is 14.3. The molecule has 0 fully saturated rings. The van der Waals surface area contributed by atoms with Gasteiger partial charge in [-0.1, -0.05) is 94.5 Å². The molecule has 200 valence electrons. The fourth-order valence-electron chi connectivity index (χ4n) is 4.47. The van der Waals surface area contributed by atoms with Crippen LogP contribution >= 0.6 is 0 Å². The van der Waals surface area contributed by atoms with Gasteiger partial charge in [0.15, 0.2) is 0 Å². The summed E-state index contributed by atoms with van der Waals surface area (Å²) in [4.78, 5) is 12.4. The van der Waals surface area contributed by atoms with Crippen molar-refractivity contribution < 1.29 is 18.8 Å². The maximum atomic E-state index is 12.4. The molecule has 0 aliphatic heterocycles. The van der Waals surface area contributed by atoms with Crippen LogP contribution in [0, 0.1) is 5.92 Å². The predicted octanol–water partition coefficient (Wildman–Crippen LogP) is 7.59. The summed E-state index contributed by atoms with van der Waals surface area (Å²) < 4.78 is 12.5. The van der Waals surface area contributed by atoms with Gasteiger partial charge in [0.05, 0.1) is 39.8 Å². The molecule has 0 saturated heterocycles.